The van der Waals surface area contributed by atoms with E-state index in [-0.39, 0.29) is 28.1 Å². The average molecular weight is 768 g/mol. The van der Waals surface area contributed by atoms with Gasteiger partial charge in [0, 0.05) is 23.7 Å². The van der Waals surface area contributed by atoms with Crippen LogP contribution >= 0.6 is 11.8 Å². The molecule has 3 aromatic rings. The number of carboxylic acids is 1. The molecular formula is C40H53N3O8S2. The van der Waals surface area contributed by atoms with Crippen LogP contribution in [0.15, 0.2) is 76.5 Å². The summed E-state index contributed by atoms with van der Waals surface area (Å²) in [6.45, 7) is 7.74. The Bertz CT molecular complexity index is 1810. The van der Waals surface area contributed by atoms with Crippen LogP contribution in [0.2, 0.25) is 0 Å². The minimum absolute atomic E-state index is 0.00766. The van der Waals surface area contributed by atoms with Gasteiger partial charge in [-0.15, -0.1) is 11.8 Å². The molecule has 3 atom stereocenters. The molecule has 0 radical (unpaired) electrons. The zero-order valence-corrected chi connectivity index (χ0v) is 32.9. The first kappa shape index (κ1) is 41.5. The summed E-state index contributed by atoms with van der Waals surface area (Å²) < 4.78 is 34.9. The Morgan fingerprint density at radius 1 is 0.962 bits per heavy atom. The number of hydrogen-bond donors (Lipinski definition) is 4. The van der Waals surface area contributed by atoms with Crippen molar-refractivity contribution in [2.75, 3.05) is 30.1 Å². The molecule has 4 rings (SSSR count). The fourth-order valence-corrected chi connectivity index (χ4v) is 9.48. The molecule has 0 aliphatic carbocycles. The normalized spacial score (nSPS) is 16.4. The maximum atomic E-state index is 14.4. The molecule has 11 nitrogen and oxygen atoms in total. The minimum Gasteiger partial charge on any atom is -0.508 e. The van der Waals surface area contributed by atoms with Gasteiger partial charge in [-0.1, -0.05) is 90.1 Å². The van der Waals surface area contributed by atoms with Gasteiger partial charge >= 0.3 is 5.97 Å². The molecule has 1 unspecified atom stereocenters. The van der Waals surface area contributed by atoms with Crippen LogP contribution < -0.4 is 20.3 Å². The molecule has 0 saturated heterocycles. The summed E-state index contributed by atoms with van der Waals surface area (Å²) in [4.78, 5) is 41.8. The Morgan fingerprint density at radius 3 is 2.17 bits per heavy atom. The third kappa shape index (κ3) is 10.5. The molecule has 53 heavy (non-hydrogen) atoms. The van der Waals surface area contributed by atoms with Gasteiger partial charge in [-0.2, -0.15) is 0 Å². The second kappa shape index (κ2) is 18.7. The van der Waals surface area contributed by atoms with Crippen LogP contribution in [0.5, 0.6) is 11.5 Å². The molecule has 0 aromatic heterocycles. The summed E-state index contributed by atoms with van der Waals surface area (Å²) in [6.07, 6.45) is 7.63. The molecule has 0 bridgehead atoms. The molecule has 2 amide bonds. The number of phenolic OH excluding ortho intramolecular Hbond substituents is 1. The highest BCUT2D eigenvalue weighted by molar-refractivity contribution is 7.98. The Balaban J connectivity index is 1.68. The number of rotatable bonds is 18. The van der Waals surface area contributed by atoms with E-state index in [2.05, 4.69) is 29.4 Å². The monoisotopic (exact) mass is 767 g/mol. The maximum absolute atomic E-state index is 14.4. The Morgan fingerprint density at radius 2 is 1.60 bits per heavy atom. The van der Waals surface area contributed by atoms with Gasteiger partial charge in [0.25, 0.3) is 5.91 Å². The smallest absolute Gasteiger partial charge is 0.326 e. The molecule has 0 spiro atoms. The van der Waals surface area contributed by atoms with Crippen molar-refractivity contribution < 1.29 is 37.8 Å². The summed E-state index contributed by atoms with van der Waals surface area (Å²) in [5.41, 5.74) is 1.29. The SMILES string of the molecule is CCCCC1(CCCC)CN(c2ccccc2)c2cc(SC)c(OCC(=O)N[C@@H](C(=O)N[C@H](C(=O)O)C(C)CC)c3ccc(O)cc3)cc2S(=O)(=O)C1. The maximum Gasteiger partial charge on any atom is 0.326 e. The predicted molar refractivity (Wildman–Crippen MR) is 209 cm³/mol. The first-order valence-electron chi connectivity index (χ1n) is 18.3. The number of anilines is 2. The lowest BCUT2D eigenvalue weighted by atomic mass is 9.79. The summed E-state index contributed by atoms with van der Waals surface area (Å²) in [6, 6.07) is 16.3. The fourth-order valence-electron chi connectivity index (χ4n) is 6.81. The number of para-hydroxylation sites is 1. The van der Waals surface area contributed by atoms with Crippen molar-refractivity contribution in [2.45, 2.75) is 94.5 Å². The van der Waals surface area contributed by atoms with Crippen molar-refractivity contribution in [1.82, 2.24) is 10.6 Å². The number of amides is 2. The number of aliphatic carboxylic acids is 1. The van der Waals surface area contributed by atoms with Crippen LogP contribution in [0, 0.1) is 11.3 Å². The highest BCUT2D eigenvalue weighted by Crippen LogP contribution is 2.47. The molecule has 0 saturated carbocycles. The fraction of sp³-hybridized carbons (Fsp3) is 0.475. The average Bonchev–Trinajstić information content (AvgIpc) is 3.24. The number of carboxylic acid groups (broad SMARTS) is 1. The molecule has 13 heteroatoms. The number of phenols is 1. The first-order chi connectivity index (χ1) is 25.3. The number of nitrogens with zero attached hydrogens (tertiary/aromatic N) is 1. The molecule has 1 aliphatic rings. The summed E-state index contributed by atoms with van der Waals surface area (Å²) in [5.74, 6) is -2.86. The number of fused-ring (bicyclic) bond motifs is 1. The van der Waals surface area contributed by atoms with Crippen molar-refractivity contribution in [2.24, 2.45) is 11.3 Å². The van der Waals surface area contributed by atoms with Gasteiger partial charge in [-0.25, -0.2) is 13.2 Å². The van der Waals surface area contributed by atoms with Gasteiger partial charge in [0.15, 0.2) is 16.4 Å². The highest BCUT2D eigenvalue weighted by atomic mass is 32.2. The zero-order chi connectivity index (χ0) is 38.8. The predicted octanol–water partition coefficient (Wildman–Crippen LogP) is 7.26. The van der Waals surface area contributed by atoms with Crippen molar-refractivity contribution in [3.05, 3.63) is 72.3 Å². The lowest BCUT2D eigenvalue weighted by molar-refractivity contribution is -0.143. The van der Waals surface area contributed by atoms with E-state index in [1.807, 2.05) is 49.6 Å². The lowest BCUT2D eigenvalue weighted by Gasteiger charge is -2.37. The number of hydrogen-bond acceptors (Lipinski definition) is 9. The van der Waals surface area contributed by atoms with E-state index in [0.717, 1.165) is 44.2 Å². The minimum atomic E-state index is -3.82. The van der Waals surface area contributed by atoms with Crippen LogP contribution in [-0.4, -0.2) is 67.6 Å². The standard InChI is InChI=1S/C40H53N3O8S2/c1-6-9-20-40(21-10-7-2)25-43(29-14-12-11-13-15-29)31-22-33(52-5)32(23-34(31)53(49,50)26-40)51-24-35(45)41-37(28-16-18-30(44)19-17-28)38(46)42-36(39(47)48)27(4)8-3/h11-19,22-23,27,36-37,44H,6-10,20-21,24-26H2,1-5H3,(H,41,45)(H,42,46)(H,47,48)/t27?,36-,37+/m0/s1. The molecule has 288 valence electrons. The van der Waals surface area contributed by atoms with Gasteiger partial charge in [0.05, 0.1) is 21.2 Å². The number of thioether (sulfide) groups is 1. The topological polar surface area (TPSA) is 162 Å². The van der Waals surface area contributed by atoms with E-state index in [9.17, 15) is 33.0 Å². The zero-order valence-electron chi connectivity index (χ0n) is 31.3. The van der Waals surface area contributed by atoms with Crippen molar-refractivity contribution in [3.63, 3.8) is 0 Å². The van der Waals surface area contributed by atoms with Crippen molar-refractivity contribution in [3.8, 4) is 11.5 Å². The second-order valence-corrected chi connectivity index (χ2v) is 16.8. The third-order valence-electron chi connectivity index (χ3n) is 9.98. The van der Waals surface area contributed by atoms with Crippen LogP contribution in [0.25, 0.3) is 0 Å². The molecule has 0 fully saturated rings. The summed E-state index contributed by atoms with van der Waals surface area (Å²) in [5, 5.41) is 24.8. The van der Waals surface area contributed by atoms with E-state index < -0.39 is 51.7 Å². The van der Waals surface area contributed by atoms with E-state index in [4.69, 9.17) is 4.74 Å². The quantitative estimate of drug-likeness (QED) is 0.0970. The summed E-state index contributed by atoms with van der Waals surface area (Å²) >= 11 is 1.36. The van der Waals surface area contributed by atoms with Crippen LogP contribution in [0.4, 0.5) is 11.4 Å². The number of sulfone groups is 1. The van der Waals surface area contributed by atoms with Crippen LogP contribution in [0.1, 0.15) is 84.2 Å². The van der Waals surface area contributed by atoms with E-state index in [1.165, 1.54) is 42.1 Å². The number of carbonyl (C=O) groups excluding carboxylic acids is 2. The molecular weight excluding hydrogens is 715 g/mol. The molecule has 4 N–H and O–H groups in total. The van der Waals surface area contributed by atoms with Gasteiger partial charge in [0.2, 0.25) is 5.91 Å². The number of benzene rings is 3. The van der Waals surface area contributed by atoms with Gasteiger partial charge < -0.3 is 30.5 Å². The van der Waals surface area contributed by atoms with Gasteiger partial charge in [-0.05, 0) is 60.9 Å². The van der Waals surface area contributed by atoms with Crippen molar-refractivity contribution in [1.29, 1.82) is 0 Å². The lowest BCUT2D eigenvalue weighted by Crippen LogP contribution is -2.50. The Hall–Kier alpha value is -4.23. The second-order valence-electron chi connectivity index (χ2n) is 13.9. The summed E-state index contributed by atoms with van der Waals surface area (Å²) in [7, 11) is -3.82. The van der Waals surface area contributed by atoms with Gasteiger partial charge in [-0.3, -0.25) is 9.59 Å². The van der Waals surface area contributed by atoms with E-state index >= 15 is 0 Å². The number of carbonyl (C=O) groups is 3. The van der Waals surface area contributed by atoms with Crippen LogP contribution in [0.3, 0.4) is 0 Å². The molecule has 1 heterocycles. The number of nitrogens with one attached hydrogen (secondary N) is 2. The molecule has 1 aliphatic heterocycles. The number of unbranched alkanes of at least 4 members (excludes halogenated alkanes) is 2. The van der Waals surface area contributed by atoms with Crippen LogP contribution in [-0.2, 0) is 24.2 Å². The van der Waals surface area contributed by atoms with E-state index in [1.54, 1.807) is 6.92 Å². The van der Waals surface area contributed by atoms with Gasteiger partial charge in [0.1, 0.15) is 23.6 Å². The Kier molecular flexibility index (Phi) is 14.6. The highest BCUT2D eigenvalue weighted by Gasteiger charge is 2.42. The number of ether oxygens (including phenoxy) is 1. The molecule has 3 aromatic carbocycles. The van der Waals surface area contributed by atoms with E-state index in [0.29, 0.717) is 29.1 Å². The third-order valence-corrected chi connectivity index (χ3v) is 12.7. The number of aromatic hydroxyl groups is 1. The Labute approximate surface area is 317 Å². The van der Waals surface area contributed by atoms with Crippen molar-refractivity contribution >= 4 is 50.8 Å². The first-order valence-corrected chi connectivity index (χ1v) is 21.2. The largest absolute Gasteiger partial charge is 0.508 e.